The number of nitrogens with one attached hydrogen (secondary N) is 1. The van der Waals surface area contributed by atoms with E-state index in [0.717, 1.165) is 25.7 Å². The molecule has 3 N–H and O–H groups in total. The van der Waals surface area contributed by atoms with Crippen molar-refractivity contribution in [2.24, 2.45) is 5.84 Å². The van der Waals surface area contributed by atoms with Gasteiger partial charge in [0.25, 0.3) is 0 Å². The molecule has 1 aliphatic rings. The van der Waals surface area contributed by atoms with E-state index in [0.29, 0.717) is 17.9 Å². The van der Waals surface area contributed by atoms with Crippen LogP contribution in [0.4, 0.5) is 5.95 Å². The minimum absolute atomic E-state index is 0.161. The molecule has 0 bridgehead atoms. The van der Waals surface area contributed by atoms with E-state index < -0.39 is 0 Å². The Morgan fingerprint density at radius 2 is 2.24 bits per heavy atom. The maximum atomic E-state index is 5.80. The zero-order valence-corrected chi connectivity index (χ0v) is 9.93. The molecule has 0 saturated heterocycles. The first-order chi connectivity index (χ1) is 8.31. The quantitative estimate of drug-likeness (QED) is 0.603. The zero-order valence-electron chi connectivity index (χ0n) is 9.93. The van der Waals surface area contributed by atoms with E-state index in [9.17, 15) is 0 Å². The van der Waals surface area contributed by atoms with E-state index in [-0.39, 0.29) is 6.10 Å². The van der Waals surface area contributed by atoms with Crippen LogP contribution in [0.3, 0.4) is 0 Å². The van der Waals surface area contributed by atoms with E-state index in [1.807, 2.05) is 0 Å². The van der Waals surface area contributed by atoms with Crippen LogP contribution in [-0.2, 0) is 4.74 Å². The van der Waals surface area contributed by atoms with Crippen molar-refractivity contribution in [2.45, 2.75) is 37.9 Å². The predicted molar refractivity (Wildman–Crippen MR) is 63.5 cm³/mol. The average Bonchev–Trinajstić information content (AvgIpc) is 2.39. The average molecular weight is 238 g/mol. The van der Waals surface area contributed by atoms with Crippen LogP contribution < -0.4 is 16.0 Å². The summed E-state index contributed by atoms with van der Waals surface area (Å²) in [5, 5.41) is 0. The van der Waals surface area contributed by atoms with Gasteiger partial charge in [0.2, 0.25) is 11.8 Å². The third-order valence-electron chi connectivity index (χ3n) is 2.96. The highest BCUT2D eigenvalue weighted by Gasteiger charge is 2.23. The van der Waals surface area contributed by atoms with Crippen LogP contribution in [0.15, 0.2) is 12.3 Å². The molecule has 1 fully saturated rings. The van der Waals surface area contributed by atoms with Crippen LogP contribution in [0, 0.1) is 0 Å². The first-order valence-corrected chi connectivity index (χ1v) is 5.81. The number of hydrogen-bond acceptors (Lipinski definition) is 6. The summed E-state index contributed by atoms with van der Waals surface area (Å²) in [4.78, 5) is 8.06. The molecule has 0 aliphatic heterocycles. The third kappa shape index (κ3) is 3.28. The number of hydrazine groups is 1. The summed E-state index contributed by atoms with van der Waals surface area (Å²) in [5.41, 5.74) is 2.40. The number of rotatable bonds is 4. The van der Waals surface area contributed by atoms with Gasteiger partial charge in [-0.05, 0) is 19.3 Å². The zero-order chi connectivity index (χ0) is 12.1. The second kappa shape index (κ2) is 5.79. The summed E-state index contributed by atoms with van der Waals surface area (Å²) in [7, 11) is 1.74. The molecule has 0 amide bonds. The highest BCUT2D eigenvalue weighted by Crippen LogP contribution is 2.24. The van der Waals surface area contributed by atoms with Crippen LogP contribution in [0.25, 0.3) is 0 Å². The fraction of sp³-hybridized carbons (Fsp3) is 0.636. The summed E-state index contributed by atoms with van der Waals surface area (Å²) >= 11 is 0. The molecule has 94 valence electrons. The summed E-state index contributed by atoms with van der Waals surface area (Å²) in [6.07, 6.45) is 6.25. The second-order valence-corrected chi connectivity index (χ2v) is 4.13. The number of nitrogens with zero attached hydrogens (tertiary/aromatic N) is 2. The lowest BCUT2D eigenvalue weighted by Crippen LogP contribution is -2.29. The van der Waals surface area contributed by atoms with E-state index >= 15 is 0 Å². The molecular weight excluding hydrogens is 220 g/mol. The normalized spacial score (nSPS) is 24.4. The van der Waals surface area contributed by atoms with Crippen LogP contribution >= 0.6 is 0 Å². The Morgan fingerprint density at radius 1 is 1.41 bits per heavy atom. The highest BCUT2D eigenvalue weighted by molar-refractivity contribution is 5.25. The van der Waals surface area contributed by atoms with Crippen molar-refractivity contribution in [3.8, 4) is 5.88 Å². The van der Waals surface area contributed by atoms with Gasteiger partial charge in [-0.15, -0.1) is 0 Å². The Morgan fingerprint density at radius 3 is 3.00 bits per heavy atom. The summed E-state index contributed by atoms with van der Waals surface area (Å²) < 4.78 is 11.2. The van der Waals surface area contributed by atoms with Crippen molar-refractivity contribution in [1.29, 1.82) is 0 Å². The molecular formula is C11H18N4O2. The Kier molecular flexibility index (Phi) is 4.11. The van der Waals surface area contributed by atoms with Gasteiger partial charge in [-0.3, -0.25) is 5.43 Å². The van der Waals surface area contributed by atoms with Crippen molar-refractivity contribution in [3.63, 3.8) is 0 Å². The molecule has 2 atom stereocenters. The van der Waals surface area contributed by atoms with Crippen LogP contribution in [0.1, 0.15) is 25.7 Å². The van der Waals surface area contributed by atoms with Gasteiger partial charge in [-0.1, -0.05) is 0 Å². The first kappa shape index (κ1) is 12.1. The van der Waals surface area contributed by atoms with Crippen LogP contribution in [0.2, 0.25) is 0 Å². The molecule has 1 saturated carbocycles. The van der Waals surface area contributed by atoms with Gasteiger partial charge in [0.1, 0.15) is 6.10 Å². The maximum absolute atomic E-state index is 5.80. The number of hydrogen-bond donors (Lipinski definition) is 2. The van der Waals surface area contributed by atoms with E-state index in [1.165, 1.54) is 0 Å². The lowest BCUT2D eigenvalue weighted by Gasteiger charge is -2.28. The Bertz CT molecular complexity index is 361. The molecule has 1 aromatic rings. The minimum Gasteiger partial charge on any atom is -0.474 e. The lowest BCUT2D eigenvalue weighted by molar-refractivity contribution is 0.0195. The molecule has 6 nitrogen and oxygen atoms in total. The number of ether oxygens (including phenoxy) is 2. The summed E-state index contributed by atoms with van der Waals surface area (Å²) in [6, 6.07) is 1.73. The topological polar surface area (TPSA) is 82.3 Å². The monoisotopic (exact) mass is 238 g/mol. The number of nitrogens with two attached hydrogens (primary N) is 1. The van der Waals surface area contributed by atoms with Crippen molar-refractivity contribution in [3.05, 3.63) is 12.3 Å². The molecule has 2 unspecified atom stereocenters. The molecule has 0 radical (unpaired) electrons. The summed E-state index contributed by atoms with van der Waals surface area (Å²) in [6.45, 7) is 0. The Balaban J connectivity index is 1.95. The Hall–Kier alpha value is -1.40. The van der Waals surface area contributed by atoms with Gasteiger partial charge < -0.3 is 9.47 Å². The minimum atomic E-state index is 0.161. The number of anilines is 1. The standard InChI is InChI=1S/C11H18N4O2/c1-16-8-3-2-4-9(7-8)17-10-5-6-13-11(14-10)15-12/h5-6,8-9H,2-4,7,12H2,1H3,(H,13,14,15). The van der Waals surface area contributed by atoms with E-state index in [1.54, 1.807) is 19.4 Å². The smallest absolute Gasteiger partial charge is 0.240 e. The van der Waals surface area contributed by atoms with Crippen molar-refractivity contribution < 1.29 is 9.47 Å². The largest absolute Gasteiger partial charge is 0.474 e. The van der Waals surface area contributed by atoms with Gasteiger partial charge in [0.05, 0.1) is 6.10 Å². The van der Waals surface area contributed by atoms with Crippen LogP contribution in [-0.4, -0.2) is 29.3 Å². The number of methoxy groups -OCH3 is 1. The molecule has 2 rings (SSSR count). The van der Waals surface area contributed by atoms with Crippen LogP contribution in [0.5, 0.6) is 5.88 Å². The molecule has 1 heterocycles. The van der Waals surface area contributed by atoms with Gasteiger partial charge in [0.15, 0.2) is 0 Å². The molecule has 0 spiro atoms. The molecule has 1 aliphatic carbocycles. The SMILES string of the molecule is COC1CCCC(Oc2ccnc(NN)n2)C1. The number of aromatic nitrogens is 2. The van der Waals surface area contributed by atoms with Gasteiger partial charge in [-0.2, -0.15) is 4.98 Å². The molecule has 17 heavy (non-hydrogen) atoms. The van der Waals surface area contributed by atoms with Gasteiger partial charge >= 0.3 is 0 Å². The van der Waals surface area contributed by atoms with E-state index in [2.05, 4.69) is 15.4 Å². The number of nitrogen functional groups attached to an aromatic ring is 1. The van der Waals surface area contributed by atoms with Crippen molar-refractivity contribution >= 4 is 5.95 Å². The van der Waals surface area contributed by atoms with E-state index in [4.69, 9.17) is 15.3 Å². The molecule has 1 aromatic heterocycles. The van der Waals surface area contributed by atoms with Gasteiger partial charge in [0, 0.05) is 25.8 Å². The Labute approximate surface area is 101 Å². The van der Waals surface area contributed by atoms with Gasteiger partial charge in [-0.25, -0.2) is 10.8 Å². The van der Waals surface area contributed by atoms with Crippen molar-refractivity contribution in [2.75, 3.05) is 12.5 Å². The highest BCUT2D eigenvalue weighted by atomic mass is 16.5. The van der Waals surface area contributed by atoms with Crippen molar-refractivity contribution in [1.82, 2.24) is 9.97 Å². The lowest BCUT2D eigenvalue weighted by atomic mass is 9.95. The molecule has 6 heteroatoms. The maximum Gasteiger partial charge on any atom is 0.240 e. The predicted octanol–water partition coefficient (Wildman–Crippen LogP) is 1.10. The fourth-order valence-corrected chi connectivity index (χ4v) is 2.07. The second-order valence-electron chi connectivity index (χ2n) is 4.13. The summed E-state index contributed by atoms with van der Waals surface area (Å²) in [5.74, 6) is 6.16. The first-order valence-electron chi connectivity index (χ1n) is 5.81. The fourth-order valence-electron chi connectivity index (χ4n) is 2.07. The third-order valence-corrected chi connectivity index (χ3v) is 2.96. The molecule has 0 aromatic carbocycles.